The van der Waals surface area contributed by atoms with Crippen molar-refractivity contribution in [1.29, 1.82) is 0 Å². The maximum Gasteiger partial charge on any atom is 0.261 e. The van der Waals surface area contributed by atoms with Crippen LogP contribution < -0.4 is 18.9 Å². The Morgan fingerprint density at radius 1 is 0.844 bits per heavy atom. The van der Waals surface area contributed by atoms with Gasteiger partial charge in [0.2, 0.25) is 11.5 Å². The molecule has 13 nitrogen and oxygen atoms in total. The van der Waals surface area contributed by atoms with E-state index >= 15 is 0 Å². The number of methoxy groups -OCH3 is 5. The van der Waals surface area contributed by atoms with Crippen LogP contribution in [0.15, 0.2) is 47.9 Å². The molecule has 0 saturated carbocycles. The van der Waals surface area contributed by atoms with Gasteiger partial charge in [-0.25, -0.2) is 0 Å². The lowest BCUT2D eigenvalue weighted by molar-refractivity contribution is -0.119. The number of hydrogen-bond donors (Lipinski definition) is 5. The Kier molecular flexibility index (Phi) is 10.8. The van der Waals surface area contributed by atoms with E-state index in [1.807, 2.05) is 0 Å². The highest BCUT2D eigenvalue weighted by Gasteiger charge is 2.59. The second-order valence-corrected chi connectivity index (χ2v) is 10.6. The molecule has 0 bridgehead atoms. The molecule has 0 radical (unpaired) electrons. The van der Waals surface area contributed by atoms with Gasteiger partial charge in [-0.15, -0.1) is 0 Å². The molecule has 1 aliphatic heterocycles. The fourth-order valence-electron chi connectivity index (χ4n) is 5.95. The quantitative estimate of drug-likeness (QED) is 0.204. The Balaban J connectivity index is 1.82. The number of ketones is 1. The van der Waals surface area contributed by atoms with Crippen LogP contribution in [-0.4, -0.2) is 98.9 Å². The SMILES string of the molecule is COC1=CC2(C=C(OC)C1=O)C(CO)C(c1cc(OC)c(Oc3c(O)cc(CCCO)cc3OC)c(OC)c1)OC2C(O)CO. The number of carbonyl (C=O) groups excluding carboxylic acids is 1. The number of phenolic OH excluding ortho intramolecular Hbond substituents is 1. The fraction of sp³-hybridized carbons (Fsp3) is 0.469. The van der Waals surface area contributed by atoms with Gasteiger partial charge >= 0.3 is 0 Å². The standard InChI is InChI=1S/C32H40O13/c1-39-22-10-17(7-6-8-33)9-20(36)29(22)44-30-23(40-2)11-18(12-24(30)41-3)28-19(15-34)32(31(45-28)21(37)16-35)13-25(42-4)27(38)26(14-32)43-5/h9-14,19,21,28,31,33-37H,6-8,15-16H2,1-5H3. The van der Waals surface area contributed by atoms with Gasteiger partial charge in [0.15, 0.2) is 34.5 Å². The third kappa shape index (κ3) is 6.26. The van der Waals surface area contributed by atoms with Crippen LogP contribution in [-0.2, 0) is 25.4 Å². The highest BCUT2D eigenvalue weighted by Crippen LogP contribution is 2.57. The Hall–Kier alpha value is -4.01. The van der Waals surface area contributed by atoms with E-state index in [0.717, 1.165) is 5.56 Å². The number of benzene rings is 2. The van der Waals surface area contributed by atoms with Crippen LogP contribution >= 0.6 is 0 Å². The van der Waals surface area contributed by atoms with Crippen LogP contribution in [0.2, 0.25) is 0 Å². The van der Waals surface area contributed by atoms with Crippen LogP contribution in [0.25, 0.3) is 0 Å². The molecule has 2 aliphatic rings. The van der Waals surface area contributed by atoms with Crippen molar-refractivity contribution in [2.45, 2.75) is 31.2 Å². The minimum Gasteiger partial charge on any atom is -0.504 e. The molecule has 4 rings (SSSR count). The summed E-state index contributed by atoms with van der Waals surface area (Å²) < 4.78 is 40.0. The van der Waals surface area contributed by atoms with E-state index in [9.17, 15) is 30.3 Å². The number of aliphatic hydroxyl groups excluding tert-OH is 4. The largest absolute Gasteiger partial charge is 0.504 e. The highest BCUT2D eigenvalue weighted by atomic mass is 16.6. The summed E-state index contributed by atoms with van der Waals surface area (Å²) in [4.78, 5) is 12.8. The molecule has 1 saturated heterocycles. The zero-order valence-electron chi connectivity index (χ0n) is 25.8. The summed E-state index contributed by atoms with van der Waals surface area (Å²) in [6.45, 7) is -1.14. The normalized spacial score (nSPS) is 21.2. The van der Waals surface area contributed by atoms with Crippen molar-refractivity contribution >= 4 is 5.78 Å². The molecule has 2 aromatic carbocycles. The first-order chi connectivity index (χ1) is 21.7. The third-order valence-electron chi connectivity index (χ3n) is 8.13. The molecule has 1 fully saturated rings. The highest BCUT2D eigenvalue weighted by molar-refractivity contribution is 6.06. The second kappa shape index (κ2) is 14.4. The zero-order chi connectivity index (χ0) is 32.9. The first kappa shape index (κ1) is 33.9. The Bertz CT molecular complexity index is 1380. The van der Waals surface area contributed by atoms with Crippen molar-refractivity contribution in [3.05, 3.63) is 59.1 Å². The number of aliphatic hydroxyl groups is 4. The van der Waals surface area contributed by atoms with Crippen molar-refractivity contribution in [3.63, 3.8) is 0 Å². The Morgan fingerprint density at radius 3 is 1.91 bits per heavy atom. The van der Waals surface area contributed by atoms with Crippen molar-refractivity contribution in [1.82, 2.24) is 0 Å². The molecule has 5 N–H and O–H groups in total. The summed E-state index contributed by atoms with van der Waals surface area (Å²) >= 11 is 0. The van der Waals surface area contributed by atoms with Crippen LogP contribution in [0.4, 0.5) is 0 Å². The summed E-state index contributed by atoms with van der Waals surface area (Å²) in [5, 5.41) is 51.6. The number of aryl methyl sites for hydroxylation is 1. The van der Waals surface area contributed by atoms with Gasteiger partial charge < -0.3 is 58.7 Å². The second-order valence-electron chi connectivity index (χ2n) is 10.6. The van der Waals surface area contributed by atoms with Gasteiger partial charge in [-0.1, -0.05) is 0 Å². The van der Waals surface area contributed by atoms with Crippen LogP contribution in [0.3, 0.4) is 0 Å². The molecule has 1 aliphatic carbocycles. The monoisotopic (exact) mass is 632 g/mol. The average molecular weight is 633 g/mol. The van der Waals surface area contributed by atoms with E-state index in [2.05, 4.69) is 0 Å². The van der Waals surface area contributed by atoms with Gasteiger partial charge in [-0.2, -0.15) is 0 Å². The third-order valence-corrected chi connectivity index (χ3v) is 8.13. The lowest BCUT2D eigenvalue weighted by Crippen LogP contribution is -2.45. The molecule has 13 heteroatoms. The van der Waals surface area contributed by atoms with Gasteiger partial charge in [0.05, 0.1) is 59.8 Å². The molecule has 4 atom stereocenters. The summed E-state index contributed by atoms with van der Waals surface area (Å²) in [7, 11) is 6.89. The summed E-state index contributed by atoms with van der Waals surface area (Å²) in [6, 6.07) is 6.41. The zero-order valence-corrected chi connectivity index (χ0v) is 25.8. The first-order valence-electron chi connectivity index (χ1n) is 14.2. The van der Waals surface area contributed by atoms with Crippen LogP contribution in [0.5, 0.6) is 34.5 Å². The first-order valence-corrected chi connectivity index (χ1v) is 14.2. The van der Waals surface area contributed by atoms with E-state index in [4.69, 9.17) is 33.2 Å². The molecular weight excluding hydrogens is 592 g/mol. The van der Waals surface area contributed by atoms with E-state index in [-0.39, 0.29) is 52.6 Å². The predicted octanol–water partition coefficient (Wildman–Crippen LogP) is 2.17. The lowest BCUT2D eigenvalue weighted by atomic mass is 9.67. The molecule has 0 amide bonds. The summed E-state index contributed by atoms with van der Waals surface area (Å²) in [5.41, 5.74) is -0.143. The maximum absolute atomic E-state index is 12.8. The summed E-state index contributed by atoms with van der Waals surface area (Å²) in [5.74, 6) is -0.969. The molecule has 2 aromatic rings. The molecule has 1 heterocycles. The molecule has 1 spiro atoms. The van der Waals surface area contributed by atoms with Crippen LogP contribution in [0.1, 0.15) is 23.7 Å². The van der Waals surface area contributed by atoms with E-state index in [1.165, 1.54) is 53.8 Å². The number of rotatable bonds is 14. The molecule has 45 heavy (non-hydrogen) atoms. The van der Waals surface area contributed by atoms with E-state index < -0.39 is 48.6 Å². The van der Waals surface area contributed by atoms with E-state index in [1.54, 1.807) is 18.2 Å². The lowest BCUT2D eigenvalue weighted by Gasteiger charge is -2.37. The van der Waals surface area contributed by atoms with Gasteiger partial charge in [-0.3, -0.25) is 4.79 Å². The number of aromatic hydroxyl groups is 1. The topological polar surface area (TPSA) is 183 Å². The minimum absolute atomic E-state index is 0.00344. The van der Waals surface area contributed by atoms with Gasteiger partial charge in [0, 0.05) is 19.1 Å². The minimum atomic E-state index is -1.41. The maximum atomic E-state index is 12.8. The Morgan fingerprint density at radius 2 is 1.42 bits per heavy atom. The smallest absolute Gasteiger partial charge is 0.261 e. The molecule has 246 valence electrons. The van der Waals surface area contributed by atoms with Gasteiger partial charge in [-0.05, 0) is 60.4 Å². The number of Topliss-reactive ketones (excluding diaryl/α,β-unsaturated/α-hetero) is 1. The fourth-order valence-corrected chi connectivity index (χ4v) is 5.95. The van der Waals surface area contributed by atoms with Crippen molar-refractivity contribution in [2.24, 2.45) is 11.3 Å². The van der Waals surface area contributed by atoms with Crippen molar-refractivity contribution < 1.29 is 63.5 Å². The number of hydrogen-bond acceptors (Lipinski definition) is 13. The van der Waals surface area contributed by atoms with Gasteiger partial charge in [0.25, 0.3) is 5.78 Å². The van der Waals surface area contributed by atoms with Crippen molar-refractivity contribution in [2.75, 3.05) is 55.4 Å². The molecular formula is C32H40O13. The van der Waals surface area contributed by atoms with E-state index in [0.29, 0.717) is 18.4 Å². The van der Waals surface area contributed by atoms with Gasteiger partial charge in [0.1, 0.15) is 6.10 Å². The van der Waals surface area contributed by atoms with Crippen LogP contribution in [0, 0.1) is 11.3 Å². The number of phenols is 1. The molecule has 0 aromatic heterocycles. The number of carbonyl (C=O) groups is 1. The average Bonchev–Trinajstić information content (AvgIpc) is 3.37. The predicted molar refractivity (Wildman–Crippen MR) is 159 cm³/mol. The Labute approximate surface area is 260 Å². The number of ether oxygens (including phenoxy) is 7. The van der Waals surface area contributed by atoms with Crippen molar-refractivity contribution in [3.8, 4) is 34.5 Å². The molecule has 4 unspecified atom stereocenters. The summed E-state index contributed by atoms with van der Waals surface area (Å²) in [6.07, 6.45) is 0.502.